The first-order chi connectivity index (χ1) is 17.2. The fourth-order valence-electron chi connectivity index (χ4n) is 4.61. The third-order valence-electron chi connectivity index (χ3n) is 6.76. The number of para-hydroxylation sites is 2. The van der Waals surface area contributed by atoms with Gasteiger partial charge in [0.1, 0.15) is 11.5 Å². The van der Waals surface area contributed by atoms with E-state index in [0.29, 0.717) is 16.8 Å². The molecule has 0 atom stereocenters. The maximum absolute atomic E-state index is 15.2. The van der Waals surface area contributed by atoms with E-state index >= 15 is 4.57 Å². The molecule has 3 rings (SSSR count). The minimum atomic E-state index is -3.90. The summed E-state index contributed by atoms with van der Waals surface area (Å²) in [6, 6.07) is 21.8. The van der Waals surface area contributed by atoms with Crippen LogP contribution in [0.5, 0.6) is 11.5 Å². The topological polar surface area (TPSA) is 35.5 Å². The molecular weight excluding hydrogens is 487 g/mol. The molecule has 0 aliphatic carbocycles. The van der Waals surface area contributed by atoms with Gasteiger partial charge in [-0.05, 0) is 33.8 Å². The maximum atomic E-state index is 15.2. The molecule has 0 saturated heterocycles. The van der Waals surface area contributed by atoms with Crippen LogP contribution in [0.4, 0.5) is 0 Å². The Labute approximate surface area is 231 Å². The Morgan fingerprint density at radius 1 is 0.447 bits per heavy atom. The van der Waals surface area contributed by atoms with E-state index in [9.17, 15) is 0 Å². The molecule has 3 aromatic carbocycles. The van der Waals surface area contributed by atoms with Gasteiger partial charge < -0.3 is 9.05 Å². The highest BCUT2D eigenvalue weighted by Crippen LogP contribution is 2.55. The van der Waals surface area contributed by atoms with Gasteiger partial charge >= 0.3 is 7.60 Å². The molecule has 0 radical (unpaired) electrons. The Kier molecular flexibility index (Phi) is 8.09. The van der Waals surface area contributed by atoms with E-state index in [4.69, 9.17) is 9.05 Å². The molecule has 38 heavy (non-hydrogen) atoms. The predicted octanol–water partition coefficient (Wildman–Crippen LogP) is 9.85. The van der Waals surface area contributed by atoms with Gasteiger partial charge in [0.05, 0.1) is 5.30 Å². The van der Waals surface area contributed by atoms with Crippen molar-refractivity contribution in [3.63, 3.8) is 0 Å². The predicted molar refractivity (Wildman–Crippen MR) is 163 cm³/mol. The lowest BCUT2D eigenvalue weighted by Gasteiger charge is -2.34. The number of hydrogen-bond donors (Lipinski definition) is 0. The lowest BCUT2D eigenvalue weighted by Crippen LogP contribution is -2.24. The number of hydrogen-bond acceptors (Lipinski definition) is 3. The van der Waals surface area contributed by atoms with E-state index < -0.39 is 7.60 Å². The normalized spacial score (nSPS) is 13.4. The van der Waals surface area contributed by atoms with E-state index in [2.05, 4.69) is 119 Å². The van der Waals surface area contributed by atoms with Crippen molar-refractivity contribution in [3.05, 3.63) is 89.0 Å². The van der Waals surface area contributed by atoms with Crippen LogP contribution in [0.15, 0.2) is 66.7 Å². The molecule has 0 fully saturated rings. The zero-order chi connectivity index (χ0) is 28.7. The monoisotopic (exact) mass is 534 g/mol. The zero-order valence-corrected chi connectivity index (χ0v) is 26.4. The molecule has 0 aromatic heterocycles. The quantitative estimate of drug-likeness (QED) is 0.306. The van der Waals surface area contributed by atoms with Gasteiger partial charge in [-0.25, -0.2) is 4.57 Å². The van der Waals surface area contributed by atoms with Crippen LogP contribution in [-0.4, -0.2) is 0 Å². The van der Waals surface area contributed by atoms with Crippen LogP contribution < -0.4 is 14.4 Å². The lowest BCUT2D eigenvalue weighted by molar-refractivity contribution is 0.376. The van der Waals surface area contributed by atoms with Crippen LogP contribution in [0.3, 0.4) is 0 Å². The van der Waals surface area contributed by atoms with Crippen molar-refractivity contribution in [3.8, 4) is 11.5 Å². The smallest absolute Gasteiger partial charge is 0.412 e. The van der Waals surface area contributed by atoms with Crippen LogP contribution >= 0.6 is 7.60 Å². The van der Waals surface area contributed by atoms with E-state index in [0.717, 1.165) is 22.3 Å². The van der Waals surface area contributed by atoms with E-state index in [1.165, 1.54) is 0 Å². The summed E-state index contributed by atoms with van der Waals surface area (Å²) >= 11 is 0. The molecule has 206 valence electrons. The van der Waals surface area contributed by atoms with Gasteiger partial charge in [-0.1, -0.05) is 138 Å². The third kappa shape index (κ3) is 6.55. The molecule has 0 saturated carbocycles. The van der Waals surface area contributed by atoms with E-state index in [1.807, 2.05) is 30.3 Å². The highest BCUT2D eigenvalue weighted by Gasteiger charge is 2.39. The molecule has 0 spiro atoms. The van der Waals surface area contributed by atoms with Gasteiger partial charge in [-0.15, -0.1) is 0 Å². The second kappa shape index (κ2) is 10.2. The Balaban J connectivity index is 2.36. The molecular formula is C34H47O3P. The molecule has 0 heterocycles. The molecule has 0 unspecified atom stereocenters. The van der Waals surface area contributed by atoms with Crippen LogP contribution in [0, 0.1) is 0 Å². The van der Waals surface area contributed by atoms with Crippen molar-refractivity contribution in [2.45, 2.75) is 105 Å². The average Bonchev–Trinajstić information content (AvgIpc) is 2.77. The van der Waals surface area contributed by atoms with Crippen LogP contribution in [0.25, 0.3) is 0 Å². The summed E-state index contributed by atoms with van der Waals surface area (Å²) in [6.07, 6.45) is 0. The average molecular weight is 535 g/mol. The van der Waals surface area contributed by atoms with Crippen LogP contribution in [-0.2, 0) is 26.2 Å². The first-order valence-electron chi connectivity index (χ1n) is 13.6. The Hall–Kier alpha value is -2.51. The summed E-state index contributed by atoms with van der Waals surface area (Å²) in [5.74, 6) is 1.29. The SMILES string of the molecule is CC(C)(C)c1cccc(C(C)(C)C)c1OP(=O)(Oc1c(C(C)(C)C)cccc1C(C)(C)C)c1ccccc1. The Morgan fingerprint density at radius 3 is 1.00 bits per heavy atom. The second-order valence-electron chi connectivity index (χ2n) is 14.4. The molecule has 4 heteroatoms. The zero-order valence-electron chi connectivity index (χ0n) is 25.5. The first kappa shape index (κ1) is 30.0. The highest BCUT2D eigenvalue weighted by atomic mass is 31.2. The van der Waals surface area contributed by atoms with Gasteiger partial charge in [0, 0.05) is 22.3 Å². The standard InChI is InChI=1S/C34H47O3P/c1-31(2,3)25-20-16-21-26(32(4,5)6)29(25)36-38(35,24-18-14-13-15-19-24)37-30-27(33(7,8)9)22-17-23-28(30)34(10,11)12/h13-23H,1-12H3. The largest absolute Gasteiger partial charge is 0.462 e. The number of rotatable bonds is 5. The first-order valence-corrected chi connectivity index (χ1v) is 15.1. The summed E-state index contributed by atoms with van der Waals surface area (Å²) in [5.41, 5.74) is 3.12. The number of benzene rings is 3. The Morgan fingerprint density at radius 2 is 0.737 bits per heavy atom. The molecule has 0 bridgehead atoms. The van der Waals surface area contributed by atoms with Crippen molar-refractivity contribution in [2.24, 2.45) is 0 Å². The van der Waals surface area contributed by atoms with Gasteiger partial charge in [0.15, 0.2) is 0 Å². The summed E-state index contributed by atoms with van der Waals surface area (Å²) in [6.45, 7) is 25.9. The second-order valence-corrected chi connectivity index (χ2v) is 16.3. The van der Waals surface area contributed by atoms with Crippen molar-refractivity contribution < 1.29 is 13.6 Å². The van der Waals surface area contributed by atoms with Crippen LogP contribution in [0.2, 0.25) is 0 Å². The van der Waals surface area contributed by atoms with Crippen molar-refractivity contribution in [2.75, 3.05) is 0 Å². The molecule has 0 amide bonds. The van der Waals surface area contributed by atoms with Gasteiger partial charge in [-0.2, -0.15) is 0 Å². The fourth-order valence-corrected chi connectivity index (χ4v) is 6.27. The van der Waals surface area contributed by atoms with E-state index in [1.54, 1.807) is 0 Å². The van der Waals surface area contributed by atoms with Gasteiger partial charge in [-0.3, -0.25) is 0 Å². The minimum absolute atomic E-state index is 0.224. The Bertz CT molecular complexity index is 1170. The molecule has 0 N–H and O–H groups in total. The van der Waals surface area contributed by atoms with Crippen molar-refractivity contribution >= 4 is 12.9 Å². The summed E-state index contributed by atoms with van der Waals surface area (Å²) in [4.78, 5) is 0. The molecule has 0 aliphatic heterocycles. The van der Waals surface area contributed by atoms with Gasteiger partial charge in [0.2, 0.25) is 0 Å². The highest BCUT2D eigenvalue weighted by molar-refractivity contribution is 7.63. The molecule has 3 aromatic rings. The summed E-state index contributed by atoms with van der Waals surface area (Å²) in [5, 5.41) is 0.534. The van der Waals surface area contributed by atoms with Crippen molar-refractivity contribution in [1.82, 2.24) is 0 Å². The summed E-state index contributed by atoms with van der Waals surface area (Å²) in [7, 11) is -3.90. The van der Waals surface area contributed by atoms with E-state index in [-0.39, 0.29) is 21.7 Å². The van der Waals surface area contributed by atoms with Crippen molar-refractivity contribution in [1.29, 1.82) is 0 Å². The minimum Gasteiger partial charge on any atom is -0.412 e. The molecule has 0 aliphatic rings. The van der Waals surface area contributed by atoms with Crippen LogP contribution in [0.1, 0.15) is 105 Å². The van der Waals surface area contributed by atoms with Gasteiger partial charge in [0.25, 0.3) is 0 Å². The summed E-state index contributed by atoms with van der Waals surface area (Å²) < 4.78 is 28.8. The maximum Gasteiger partial charge on any atom is 0.462 e. The lowest BCUT2D eigenvalue weighted by atomic mass is 9.79. The fraction of sp³-hybridized carbons (Fsp3) is 0.471. The third-order valence-corrected chi connectivity index (χ3v) is 8.53. The molecule has 3 nitrogen and oxygen atoms in total.